The first-order chi connectivity index (χ1) is 7.29. The zero-order valence-corrected chi connectivity index (χ0v) is 9.80. The van der Waals surface area contributed by atoms with Gasteiger partial charge in [0.15, 0.2) is 0 Å². The summed E-state index contributed by atoms with van der Waals surface area (Å²) in [5, 5.41) is 0. The first-order valence-corrected chi connectivity index (χ1v) is 6.45. The molecule has 0 saturated carbocycles. The molecule has 0 spiro atoms. The summed E-state index contributed by atoms with van der Waals surface area (Å²) in [4.78, 5) is 0. The molecule has 0 amide bonds. The summed E-state index contributed by atoms with van der Waals surface area (Å²) in [7, 11) is 0. The molecule has 2 rings (SSSR count). The molecule has 1 fully saturated rings. The summed E-state index contributed by atoms with van der Waals surface area (Å²) in [6.45, 7) is 2.93. The normalized spacial score (nSPS) is 23.7. The van der Waals surface area contributed by atoms with E-state index in [4.69, 9.17) is 10.5 Å². The van der Waals surface area contributed by atoms with E-state index in [1.807, 2.05) is 23.9 Å². The average molecular weight is 223 g/mol. The molecule has 2 N–H and O–H groups in total. The van der Waals surface area contributed by atoms with Gasteiger partial charge in [-0.1, -0.05) is 24.3 Å². The fraction of sp³-hybridized carbons (Fsp3) is 0.500. The summed E-state index contributed by atoms with van der Waals surface area (Å²) in [5.41, 5.74) is 8.70. The molecule has 2 unspecified atom stereocenters. The van der Waals surface area contributed by atoms with Gasteiger partial charge in [-0.25, -0.2) is 0 Å². The molecule has 0 radical (unpaired) electrons. The molecule has 1 aliphatic heterocycles. The van der Waals surface area contributed by atoms with Gasteiger partial charge in [-0.2, -0.15) is 11.8 Å². The van der Waals surface area contributed by atoms with Gasteiger partial charge >= 0.3 is 0 Å². The summed E-state index contributed by atoms with van der Waals surface area (Å²) in [6.07, 6.45) is 0.171. The lowest BCUT2D eigenvalue weighted by Gasteiger charge is -2.28. The molecule has 1 heterocycles. The van der Waals surface area contributed by atoms with E-state index >= 15 is 0 Å². The lowest BCUT2D eigenvalue weighted by Crippen LogP contribution is -2.34. The van der Waals surface area contributed by atoms with E-state index in [1.54, 1.807) is 0 Å². The molecular formula is C12H17NOS. The molecule has 1 aliphatic rings. The number of benzene rings is 1. The highest BCUT2D eigenvalue weighted by atomic mass is 32.2. The molecule has 0 aliphatic carbocycles. The van der Waals surface area contributed by atoms with Gasteiger partial charge in [0.25, 0.3) is 0 Å². The number of hydrogen-bond donors (Lipinski definition) is 1. The van der Waals surface area contributed by atoms with E-state index in [9.17, 15) is 0 Å². The molecule has 1 aromatic rings. The average Bonchev–Trinajstić information content (AvgIpc) is 2.30. The third-order valence-corrected chi connectivity index (χ3v) is 3.81. The fourth-order valence-corrected chi connectivity index (χ4v) is 2.79. The Bertz CT molecular complexity index is 323. The Morgan fingerprint density at radius 3 is 2.93 bits per heavy atom. The molecular weight excluding hydrogens is 206 g/mol. The highest BCUT2D eigenvalue weighted by Crippen LogP contribution is 2.25. The lowest BCUT2D eigenvalue weighted by molar-refractivity contribution is 0.0568. The highest BCUT2D eigenvalue weighted by molar-refractivity contribution is 7.99. The van der Waals surface area contributed by atoms with Crippen LogP contribution in [0.1, 0.15) is 17.2 Å². The van der Waals surface area contributed by atoms with E-state index in [2.05, 4.69) is 19.1 Å². The molecule has 82 valence electrons. The number of nitrogens with two attached hydrogens (primary N) is 1. The Labute approximate surface area is 95.2 Å². The monoisotopic (exact) mass is 223 g/mol. The first-order valence-electron chi connectivity index (χ1n) is 5.29. The van der Waals surface area contributed by atoms with Crippen LogP contribution < -0.4 is 5.73 Å². The number of ether oxygens (including phenoxy) is 1. The largest absolute Gasteiger partial charge is 0.375 e. The van der Waals surface area contributed by atoms with Crippen LogP contribution in [0.2, 0.25) is 0 Å². The van der Waals surface area contributed by atoms with E-state index in [1.165, 1.54) is 11.1 Å². The summed E-state index contributed by atoms with van der Waals surface area (Å²) in [5.74, 6) is 2.10. The van der Waals surface area contributed by atoms with E-state index in [0.29, 0.717) is 0 Å². The standard InChI is InChI=1S/C12H17NOS/c1-9-4-2-3-5-10(9)12(13)11-8-15-7-6-14-11/h2-5,11-12H,6-8,13H2,1H3. The Hall–Kier alpha value is -0.510. The second-order valence-electron chi connectivity index (χ2n) is 3.87. The van der Waals surface area contributed by atoms with Crippen molar-refractivity contribution in [2.75, 3.05) is 18.1 Å². The van der Waals surface area contributed by atoms with Crippen molar-refractivity contribution in [2.24, 2.45) is 5.73 Å². The van der Waals surface area contributed by atoms with Crippen LogP contribution in [-0.4, -0.2) is 24.2 Å². The topological polar surface area (TPSA) is 35.2 Å². The van der Waals surface area contributed by atoms with Gasteiger partial charge < -0.3 is 10.5 Å². The van der Waals surface area contributed by atoms with Gasteiger partial charge in [0.2, 0.25) is 0 Å². The van der Waals surface area contributed by atoms with E-state index in [-0.39, 0.29) is 12.1 Å². The van der Waals surface area contributed by atoms with Crippen LogP contribution in [-0.2, 0) is 4.74 Å². The van der Waals surface area contributed by atoms with Gasteiger partial charge in [0.1, 0.15) is 0 Å². The first kappa shape index (κ1) is 11.0. The van der Waals surface area contributed by atoms with Crippen molar-refractivity contribution in [3.05, 3.63) is 35.4 Å². The summed E-state index contributed by atoms with van der Waals surface area (Å²) < 4.78 is 5.70. The zero-order chi connectivity index (χ0) is 10.7. The van der Waals surface area contributed by atoms with Crippen LogP contribution >= 0.6 is 11.8 Å². The molecule has 1 aromatic carbocycles. The second kappa shape index (κ2) is 5.01. The predicted molar refractivity (Wildman–Crippen MR) is 65.2 cm³/mol. The lowest BCUT2D eigenvalue weighted by atomic mass is 9.98. The van der Waals surface area contributed by atoms with Crippen LogP contribution in [0.25, 0.3) is 0 Å². The molecule has 0 bridgehead atoms. The van der Waals surface area contributed by atoms with Crippen LogP contribution in [0, 0.1) is 6.92 Å². The molecule has 1 saturated heterocycles. The third kappa shape index (κ3) is 2.54. The van der Waals surface area contributed by atoms with E-state index in [0.717, 1.165) is 18.1 Å². The minimum atomic E-state index is 0.0130. The zero-order valence-electron chi connectivity index (χ0n) is 8.98. The second-order valence-corrected chi connectivity index (χ2v) is 5.02. The minimum absolute atomic E-state index is 0.0130. The van der Waals surface area contributed by atoms with Gasteiger partial charge in [0.05, 0.1) is 18.8 Å². The number of hydrogen-bond acceptors (Lipinski definition) is 3. The summed E-state index contributed by atoms with van der Waals surface area (Å²) in [6, 6.07) is 8.30. The molecule has 2 atom stereocenters. The van der Waals surface area contributed by atoms with Crippen molar-refractivity contribution >= 4 is 11.8 Å². The van der Waals surface area contributed by atoms with Gasteiger partial charge in [-0.15, -0.1) is 0 Å². The maximum absolute atomic E-state index is 6.23. The van der Waals surface area contributed by atoms with Gasteiger partial charge in [0, 0.05) is 11.5 Å². The van der Waals surface area contributed by atoms with Crippen molar-refractivity contribution in [1.29, 1.82) is 0 Å². The number of thioether (sulfide) groups is 1. The number of rotatable bonds is 2. The smallest absolute Gasteiger partial charge is 0.0858 e. The van der Waals surface area contributed by atoms with Crippen molar-refractivity contribution in [3.63, 3.8) is 0 Å². The van der Waals surface area contributed by atoms with Crippen LogP contribution in [0.5, 0.6) is 0 Å². The highest BCUT2D eigenvalue weighted by Gasteiger charge is 2.23. The molecule has 3 heteroatoms. The van der Waals surface area contributed by atoms with Crippen LogP contribution in [0.15, 0.2) is 24.3 Å². The predicted octanol–water partition coefficient (Wildman–Crippen LogP) is 2.13. The van der Waals surface area contributed by atoms with Crippen LogP contribution in [0.4, 0.5) is 0 Å². The third-order valence-electron chi connectivity index (χ3n) is 2.79. The summed E-state index contributed by atoms with van der Waals surface area (Å²) >= 11 is 1.93. The quantitative estimate of drug-likeness (QED) is 0.834. The van der Waals surface area contributed by atoms with Gasteiger partial charge in [-0.05, 0) is 18.1 Å². The SMILES string of the molecule is Cc1ccccc1C(N)C1CSCCO1. The van der Waals surface area contributed by atoms with Crippen LogP contribution in [0.3, 0.4) is 0 Å². The Kier molecular flexibility index (Phi) is 3.67. The Morgan fingerprint density at radius 2 is 2.27 bits per heavy atom. The van der Waals surface area contributed by atoms with Crippen molar-refractivity contribution in [3.8, 4) is 0 Å². The van der Waals surface area contributed by atoms with Gasteiger partial charge in [-0.3, -0.25) is 0 Å². The molecule has 0 aromatic heterocycles. The van der Waals surface area contributed by atoms with E-state index < -0.39 is 0 Å². The van der Waals surface area contributed by atoms with Crippen molar-refractivity contribution in [1.82, 2.24) is 0 Å². The maximum Gasteiger partial charge on any atom is 0.0858 e. The molecule has 15 heavy (non-hydrogen) atoms. The Balaban J connectivity index is 2.12. The minimum Gasteiger partial charge on any atom is -0.375 e. The van der Waals surface area contributed by atoms with Crippen molar-refractivity contribution < 1.29 is 4.74 Å². The maximum atomic E-state index is 6.23. The molecule has 2 nitrogen and oxygen atoms in total. The Morgan fingerprint density at radius 1 is 1.47 bits per heavy atom. The van der Waals surface area contributed by atoms with Crippen molar-refractivity contribution in [2.45, 2.75) is 19.1 Å². The fourth-order valence-electron chi connectivity index (χ4n) is 1.87. The number of aryl methyl sites for hydroxylation is 1.